The van der Waals surface area contributed by atoms with Crippen LogP contribution >= 0.6 is 0 Å². The van der Waals surface area contributed by atoms with Gasteiger partial charge in [-0.1, -0.05) is 41.5 Å². The Morgan fingerprint density at radius 1 is 1.00 bits per heavy atom. The Morgan fingerprint density at radius 3 is 1.88 bits per heavy atom. The molecular weight excluding hydrogens is 318 g/mol. The summed E-state index contributed by atoms with van der Waals surface area (Å²) in [7, 11) is 3.34. The van der Waals surface area contributed by atoms with Crippen molar-refractivity contribution < 1.29 is 14.4 Å². The van der Waals surface area contributed by atoms with Gasteiger partial charge in [-0.05, 0) is 37.6 Å². The summed E-state index contributed by atoms with van der Waals surface area (Å²) in [5.74, 6) is 0.110. The predicted octanol–water partition coefficient (Wildman–Crippen LogP) is 1.74. The van der Waals surface area contributed by atoms with Gasteiger partial charge in [-0.2, -0.15) is 0 Å². The van der Waals surface area contributed by atoms with E-state index in [0.717, 1.165) is 0 Å². The van der Waals surface area contributed by atoms with E-state index in [2.05, 4.69) is 10.6 Å². The fourth-order valence-corrected chi connectivity index (χ4v) is 2.70. The van der Waals surface area contributed by atoms with Crippen LogP contribution in [0.25, 0.3) is 0 Å². The molecule has 2 amide bonds. The minimum absolute atomic E-state index is 0.0817. The van der Waals surface area contributed by atoms with Crippen molar-refractivity contribution in [2.75, 3.05) is 14.1 Å². The molecule has 0 aromatic heterocycles. The van der Waals surface area contributed by atoms with Gasteiger partial charge in [0.1, 0.15) is 6.04 Å². The van der Waals surface area contributed by atoms with E-state index in [-0.39, 0.29) is 29.7 Å². The van der Waals surface area contributed by atoms with E-state index in [1.807, 2.05) is 47.8 Å². The van der Waals surface area contributed by atoms with E-state index in [0.29, 0.717) is 18.8 Å². The molecule has 0 aliphatic rings. The molecule has 0 saturated heterocycles. The molecule has 2 N–H and O–H groups in total. The minimum atomic E-state index is -0.663. The van der Waals surface area contributed by atoms with Gasteiger partial charge in [-0.3, -0.25) is 14.4 Å². The van der Waals surface area contributed by atoms with E-state index < -0.39 is 12.1 Å². The number of amides is 2. The van der Waals surface area contributed by atoms with Crippen molar-refractivity contribution in [1.29, 1.82) is 0 Å². The van der Waals surface area contributed by atoms with Crippen LogP contribution in [0, 0.1) is 17.8 Å². The molecular formula is C19H36N3O3. The number of hydrogen-bond acceptors (Lipinski definition) is 4. The first-order valence-corrected chi connectivity index (χ1v) is 9.17. The number of rotatable bonds is 11. The zero-order valence-corrected chi connectivity index (χ0v) is 17.1. The summed E-state index contributed by atoms with van der Waals surface area (Å²) in [6, 6.07) is -1.60. The molecule has 0 saturated carbocycles. The highest BCUT2D eigenvalue weighted by molar-refractivity contribution is 5.91. The largest absolute Gasteiger partial charge is 0.343 e. The first-order valence-electron chi connectivity index (χ1n) is 9.17. The zero-order valence-electron chi connectivity index (χ0n) is 17.1. The van der Waals surface area contributed by atoms with Crippen molar-refractivity contribution in [2.24, 2.45) is 17.8 Å². The molecule has 0 aliphatic carbocycles. The van der Waals surface area contributed by atoms with Crippen molar-refractivity contribution in [3.05, 3.63) is 0 Å². The second-order valence-corrected chi connectivity index (χ2v) is 7.91. The van der Waals surface area contributed by atoms with E-state index in [1.54, 1.807) is 14.1 Å². The Balaban J connectivity index is 5.17. The molecule has 0 heterocycles. The highest BCUT2D eigenvalue weighted by Crippen LogP contribution is 2.13. The average molecular weight is 355 g/mol. The second kappa shape index (κ2) is 11.2. The Morgan fingerprint density at radius 2 is 1.52 bits per heavy atom. The van der Waals surface area contributed by atoms with Crippen LogP contribution in [0.5, 0.6) is 0 Å². The number of nitrogens with one attached hydrogen (secondary N) is 2. The van der Waals surface area contributed by atoms with Gasteiger partial charge in [0.2, 0.25) is 18.1 Å². The third kappa shape index (κ3) is 7.99. The minimum Gasteiger partial charge on any atom is -0.343 e. The van der Waals surface area contributed by atoms with Crippen LogP contribution in [0.2, 0.25) is 0 Å². The molecule has 0 aliphatic heterocycles. The molecule has 0 fully saturated rings. The molecule has 0 unspecified atom stereocenters. The number of carbonyl (C=O) groups is 2. The monoisotopic (exact) mass is 354 g/mol. The molecule has 0 bridgehead atoms. The van der Waals surface area contributed by atoms with Crippen molar-refractivity contribution in [1.82, 2.24) is 15.5 Å². The summed E-state index contributed by atoms with van der Waals surface area (Å²) in [5.41, 5.74) is 0. The van der Waals surface area contributed by atoms with Gasteiger partial charge in [0, 0.05) is 7.05 Å². The number of likely N-dealkylation sites (N-methyl/N-ethyl adjacent to an activating group) is 2. The van der Waals surface area contributed by atoms with Crippen molar-refractivity contribution >= 4 is 18.1 Å². The van der Waals surface area contributed by atoms with Crippen LogP contribution in [-0.2, 0) is 14.4 Å². The van der Waals surface area contributed by atoms with Crippen molar-refractivity contribution in [2.45, 2.75) is 72.5 Å². The summed E-state index contributed by atoms with van der Waals surface area (Å²) in [5, 5.41) is 5.87. The molecule has 6 heteroatoms. The maximum absolute atomic E-state index is 12.8. The van der Waals surface area contributed by atoms with Gasteiger partial charge in [-0.15, -0.1) is 0 Å². The summed E-state index contributed by atoms with van der Waals surface area (Å²) in [6.07, 6.45) is 3.19. The quantitative estimate of drug-likeness (QED) is 0.592. The maximum Gasteiger partial charge on any atom is 0.245 e. The average Bonchev–Trinajstić information content (AvgIpc) is 2.52. The van der Waals surface area contributed by atoms with Crippen LogP contribution in [0.1, 0.15) is 54.4 Å². The topological polar surface area (TPSA) is 78.5 Å². The molecule has 0 rings (SSSR count). The van der Waals surface area contributed by atoms with Crippen LogP contribution in [0.3, 0.4) is 0 Å². The van der Waals surface area contributed by atoms with E-state index in [4.69, 9.17) is 0 Å². The number of hydrogen-bond donors (Lipinski definition) is 2. The highest BCUT2D eigenvalue weighted by Gasteiger charge is 2.32. The van der Waals surface area contributed by atoms with Gasteiger partial charge < -0.3 is 15.5 Å². The Kier molecular flexibility index (Phi) is 10.6. The smallest absolute Gasteiger partial charge is 0.245 e. The molecule has 3 atom stereocenters. The molecule has 1 radical (unpaired) electrons. The van der Waals surface area contributed by atoms with Crippen LogP contribution in [-0.4, -0.2) is 55.2 Å². The van der Waals surface area contributed by atoms with Gasteiger partial charge in [0.25, 0.3) is 0 Å². The Labute approximate surface area is 153 Å². The number of carbonyl (C=O) groups excluding carboxylic acids is 3. The summed E-state index contributed by atoms with van der Waals surface area (Å²) in [4.78, 5) is 38.1. The summed E-state index contributed by atoms with van der Waals surface area (Å²) >= 11 is 0. The molecule has 6 nitrogen and oxygen atoms in total. The molecule has 25 heavy (non-hydrogen) atoms. The van der Waals surface area contributed by atoms with Gasteiger partial charge >= 0.3 is 0 Å². The van der Waals surface area contributed by atoms with Crippen LogP contribution in [0.4, 0.5) is 0 Å². The van der Waals surface area contributed by atoms with Crippen molar-refractivity contribution in [3.8, 4) is 0 Å². The van der Waals surface area contributed by atoms with Crippen LogP contribution < -0.4 is 10.6 Å². The normalized spacial score (nSPS) is 15.2. The van der Waals surface area contributed by atoms with Crippen LogP contribution in [0.15, 0.2) is 0 Å². The Hall–Kier alpha value is -1.43. The van der Waals surface area contributed by atoms with Gasteiger partial charge in [-0.25, -0.2) is 0 Å². The molecule has 0 spiro atoms. The standard InChI is InChI=1S/C19H36N3O3/c1-12(2)9-15(11-23)22(8)19(25)17(14(5)6)21-18(24)16(20-7)10-13(3)4/h12-17,20H,9-10H2,1-8H3,(H,21,24)/t15-,16-,17-/m0/s1. The molecule has 145 valence electrons. The van der Waals surface area contributed by atoms with E-state index in [1.165, 1.54) is 4.90 Å². The lowest BCUT2D eigenvalue weighted by molar-refractivity contribution is -0.138. The maximum atomic E-state index is 12.8. The Bertz CT molecular complexity index is 436. The first-order chi connectivity index (χ1) is 11.5. The third-order valence-corrected chi connectivity index (χ3v) is 4.25. The van der Waals surface area contributed by atoms with E-state index in [9.17, 15) is 14.4 Å². The third-order valence-electron chi connectivity index (χ3n) is 4.25. The second-order valence-electron chi connectivity index (χ2n) is 7.91. The number of nitrogens with zero attached hydrogens (tertiary/aromatic N) is 1. The van der Waals surface area contributed by atoms with Gasteiger partial charge in [0.15, 0.2) is 0 Å². The lowest BCUT2D eigenvalue weighted by Gasteiger charge is -2.31. The van der Waals surface area contributed by atoms with E-state index >= 15 is 0 Å². The van der Waals surface area contributed by atoms with Gasteiger partial charge in [0.05, 0.1) is 12.1 Å². The zero-order chi connectivity index (χ0) is 19.7. The van der Waals surface area contributed by atoms with Crippen molar-refractivity contribution in [3.63, 3.8) is 0 Å². The summed E-state index contributed by atoms with van der Waals surface area (Å²) in [6.45, 7) is 11.9. The predicted molar refractivity (Wildman–Crippen MR) is 101 cm³/mol. The molecule has 0 aromatic carbocycles. The first kappa shape index (κ1) is 23.6. The summed E-state index contributed by atoms with van der Waals surface area (Å²) < 4.78 is 0. The fraction of sp³-hybridized carbons (Fsp3) is 0.842. The lowest BCUT2D eigenvalue weighted by atomic mass is 9.98. The fourth-order valence-electron chi connectivity index (χ4n) is 2.70. The SMILES string of the molecule is CN[C@@H](CC(C)C)C(=O)N[C@H](C(=O)N(C)[C@H]([C]=O)CC(C)C)C(C)C. The lowest BCUT2D eigenvalue weighted by Crippen LogP contribution is -2.56. The highest BCUT2D eigenvalue weighted by atomic mass is 16.2. The molecule has 0 aromatic rings.